The number of likely N-dealkylation sites (N-methyl/N-ethyl adjacent to an activating group) is 1. The molecule has 0 saturated heterocycles. The molecule has 0 spiro atoms. The predicted octanol–water partition coefficient (Wildman–Crippen LogP) is 1.85. The first-order valence-electron chi connectivity index (χ1n) is 5.75. The van der Waals surface area contributed by atoms with Gasteiger partial charge in [0, 0.05) is 12.6 Å². The molecule has 0 aromatic carbocycles. The molecule has 2 nitrogen and oxygen atoms in total. The summed E-state index contributed by atoms with van der Waals surface area (Å²) in [6, 6.07) is 0.419. The molecule has 1 atom stereocenters. The third kappa shape index (κ3) is 3.28. The van der Waals surface area contributed by atoms with E-state index in [0.717, 1.165) is 25.6 Å². The average Bonchev–Trinajstić information content (AvgIpc) is 2.66. The number of rotatable bonds is 5. The van der Waals surface area contributed by atoms with Crippen molar-refractivity contribution in [3.63, 3.8) is 0 Å². The maximum absolute atomic E-state index is 6.19. The smallest absolute Gasteiger partial charge is 0.0196 e. The maximum atomic E-state index is 6.19. The van der Waals surface area contributed by atoms with Crippen LogP contribution in [0, 0.1) is 5.92 Å². The summed E-state index contributed by atoms with van der Waals surface area (Å²) in [5.74, 6) is 0.806. The topological polar surface area (TPSA) is 29.3 Å². The molecule has 0 bridgehead atoms. The number of nitrogens with zero attached hydrogens (tertiary/aromatic N) is 1. The van der Waals surface area contributed by atoms with Crippen LogP contribution in [0.25, 0.3) is 0 Å². The first kappa shape index (κ1) is 11.0. The van der Waals surface area contributed by atoms with Gasteiger partial charge in [-0.15, -0.1) is 0 Å². The van der Waals surface area contributed by atoms with Gasteiger partial charge >= 0.3 is 0 Å². The third-order valence-corrected chi connectivity index (χ3v) is 3.37. The molecule has 1 unspecified atom stereocenters. The average molecular weight is 184 g/mol. The summed E-state index contributed by atoms with van der Waals surface area (Å²) in [4.78, 5) is 2.43. The Hall–Kier alpha value is -0.0800. The molecule has 1 aliphatic rings. The van der Waals surface area contributed by atoms with Crippen molar-refractivity contribution >= 4 is 0 Å². The van der Waals surface area contributed by atoms with E-state index in [-0.39, 0.29) is 0 Å². The molecular formula is C11H24N2. The monoisotopic (exact) mass is 184 g/mol. The van der Waals surface area contributed by atoms with Gasteiger partial charge in [0.1, 0.15) is 0 Å². The molecule has 78 valence electrons. The quantitative estimate of drug-likeness (QED) is 0.706. The zero-order valence-electron chi connectivity index (χ0n) is 9.13. The van der Waals surface area contributed by atoms with Crippen LogP contribution in [0.3, 0.4) is 0 Å². The van der Waals surface area contributed by atoms with E-state index in [4.69, 9.17) is 5.73 Å². The third-order valence-electron chi connectivity index (χ3n) is 3.37. The fourth-order valence-corrected chi connectivity index (χ4v) is 2.31. The number of hydrogen-bond acceptors (Lipinski definition) is 2. The van der Waals surface area contributed by atoms with Gasteiger partial charge in [-0.3, -0.25) is 0 Å². The summed E-state index contributed by atoms with van der Waals surface area (Å²) >= 11 is 0. The Morgan fingerprint density at radius 3 is 2.23 bits per heavy atom. The summed E-state index contributed by atoms with van der Waals surface area (Å²) in [6.45, 7) is 7.79. The van der Waals surface area contributed by atoms with E-state index in [9.17, 15) is 0 Å². The molecule has 0 amide bonds. The van der Waals surface area contributed by atoms with Crippen molar-refractivity contribution in [3.05, 3.63) is 0 Å². The van der Waals surface area contributed by atoms with Crippen molar-refractivity contribution in [1.29, 1.82) is 0 Å². The van der Waals surface area contributed by atoms with E-state index < -0.39 is 0 Å². The van der Waals surface area contributed by atoms with Crippen LogP contribution >= 0.6 is 0 Å². The molecule has 2 N–H and O–H groups in total. The normalized spacial score (nSPS) is 21.2. The van der Waals surface area contributed by atoms with Crippen LogP contribution in [0.15, 0.2) is 0 Å². The maximum Gasteiger partial charge on any atom is 0.0196 e. The van der Waals surface area contributed by atoms with Crippen LogP contribution in [0.2, 0.25) is 0 Å². The standard InChI is InChI=1S/C11H24N2/c1-3-13(4-2)9-11(12)10-7-5-6-8-10/h10-11H,3-9,12H2,1-2H3. The van der Waals surface area contributed by atoms with Crippen molar-refractivity contribution in [3.8, 4) is 0 Å². The van der Waals surface area contributed by atoms with Crippen LogP contribution in [-0.4, -0.2) is 30.6 Å². The molecule has 1 aliphatic carbocycles. The zero-order chi connectivity index (χ0) is 9.68. The van der Waals surface area contributed by atoms with E-state index >= 15 is 0 Å². The van der Waals surface area contributed by atoms with Gasteiger partial charge in [0.2, 0.25) is 0 Å². The van der Waals surface area contributed by atoms with E-state index in [1.54, 1.807) is 0 Å². The van der Waals surface area contributed by atoms with Crippen LogP contribution in [0.4, 0.5) is 0 Å². The van der Waals surface area contributed by atoms with Crippen molar-refractivity contribution in [2.75, 3.05) is 19.6 Å². The van der Waals surface area contributed by atoms with Crippen molar-refractivity contribution in [2.45, 2.75) is 45.6 Å². The molecule has 1 fully saturated rings. The van der Waals surface area contributed by atoms with Crippen LogP contribution < -0.4 is 5.73 Å². The lowest BCUT2D eigenvalue weighted by Crippen LogP contribution is -2.41. The second-order valence-electron chi connectivity index (χ2n) is 4.19. The first-order chi connectivity index (χ1) is 6.27. The highest BCUT2D eigenvalue weighted by molar-refractivity contribution is 4.80. The lowest BCUT2D eigenvalue weighted by molar-refractivity contribution is 0.250. The van der Waals surface area contributed by atoms with Crippen LogP contribution in [0.5, 0.6) is 0 Å². The Kier molecular flexibility index (Phi) is 4.74. The molecular weight excluding hydrogens is 160 g/mol. The first-order valence-corrected chi connectivity index (χ1v) is 5.75. The summed E-state index contributed by atoms with van der Waals surface area (Å²) < 4.78 is 0. The molecule has 1 rings (SSSR count). The van der Waals surface area contributed by atoms with E-state index in [1.807, 2.05) is 0 Å². The Labute approximate surface area is 82.5 Å². The van der Waals surface area contributed by atoms with Gasteiger partial charge in [0.05, 0.1) is 0 Å². The second-order valence-corrected chi connectivity index (χ2v) is 4.19. The lowest BCUT2D eigenvalue weighted by Gasteiger charge is -2.26. The Bertz CT molecular complexity index is 126. The summed E-state index contributed by atoms with van der Waals surface area (Å²) in [7, 11) is 0. The predicted molar refractivity (Wildman–Crippen MR) is 57.7 cm³/mol. The summed E-state index contributed by atoms with van der Waals surface area (Å²) in [5.41, 5.74) is 6.19. The number of hydrogen-bond donors (Lipinski definition) is 1. The lowest BCUT2D eigenvalue weighted by atomic mass is 9.98. The van der Waals surface area contributed by atoms with Crippen molar-refractivity contribution in [1.82, 2.24) is 4.90 Å². The van der Waals surface area contributed by atoms with Gasteiger partial charge in [0.25, 0.3) is 0 Å². The Morgan fingerprint density at radius 1 is 1.23 bits per heavy atom. The van der Waals surface area contributed by atoms with Crippen molar-refractivity contribution < 1.29 is 0 Å². The minimum Gasteiger partial charge on any atom is -0.326 e. The Morgan fingerprint density at radius 2 is 1.77 bits per heavy atom. The minimum absolute atomic E-state index is 0.419. The van der Waals surface area contributed by atoms with Crippen molar-refractivity contribution in [2.24, 2.45) is 11.7 Å². The fraction of sp³-hybridized carbons (Fsp3) is 1.00. The Balaban J connectivity index is 2.25. The van der Waals surface area contributed by atoms with Gasteiger partial charge in [0.15, 0.2) is 0 Å². The second kappa shape index (κ2) is 5.61. The molecule has 0 aliphatic heterocycles. The molecule has 0 aromatic heterocycles. The molecule has 2 heteroatoms. The van der Waals surface area contributed by atoms with E-state index in [2.05, 4.69) is 18.7 Å². The highest BCUT2D eigenvalue weighted by atomic mass is 15.1. The minimum atomic E-state index is 0.419. The largest absolute Gasteiger partial charge is 0.326 e. The van der Waals surface area contributed by atoms with Gasteiger partial charge < -0.3 is 10.6 Å². The van der Waals surface area contributed by atoms with E-state index in [0.29, 0.717) is 6.04 Å². The van der Waals surface area contributed by atoms with Crippen LogP contribution in [-0.2, 0) is 0 Å². The zero-order valence-corrected chi connectivity index (χ0v) is 9.13. The van der Waals surface area contributed by atoms with Gasteiger partial charge in [-0.25, -0.2) is 0 Å². The highest BCUT2D eigenvalue weighted by Gasteiger charge is 2.22. The summed E-state index contributed by atoms with van der Waals surface area (Å²) in [5, 5.41) is 0. The van der Waals surface area contributed by atoms with Gasteiger partial charge in [-0.1, -0.05) is 26.7 Å². The molecule has 0 radical (unpaired) electrons. The molecule has 1 saturated carbocycles. The summed E-state index contributed by atoms with van der Waals surface area (Å²) in [6.07, 6.45) is 5.53. The highest BCUT2D eigenvalue weighted by Crippen LogP contribution is 2.27. The SMILES string of the molecule is CCN(CC)CC(N)C1CCCC1. The molecule has 0 aromatic rings. The van der Waals surface area contributed by atoms with Crippen LogP contribution in [0.1, 0.15) is 39.5 Å². The molecule has 13 heavy (non-hydrogen) atoms. The van der Waals surface area contributed by atoms with Gasteiger partial charge in [-0.2, -0.15) is 0 Å². The molecule has 0 heterocycles. The number of nitrogens with two attached hydrogens (primary N) is 1. The van der Waals surface area contributed by atoms with Gasteiger partial charge in [-0.05, 0) is 31.8 Å². The van der Waals surface area contributed by atoms with E-state index in [1.165, 1.54) is 25.7 Å². The fourth-order valence-electron chi connectivity index (χ4n) is 2.31.